The zero-order valence-corrected chi connectivity index (χ0v) is 40.8. The summed E-state index contributed by atoms with van der Waals surface area (Å²) in [6, 6.07) is 86.0. The van der Waals surface area contributed by atoms with Gasteiger partial charge in [0.2, 0.25) is 0 Å². The van der Waals surface area contributed by atoms with Gasteiger partial charge in [0.1, 0.15) is 11.2 Å². The second kappa shape index (κ2) is 17.3. The molecule has 2 aromatic heterocycles. The molecule has 2 heterocycles. The van der Waals surface area contributed by atoms with Gasteiger partial charge in [0.25, 0.3) is 0 Å². The summed E-state index contributed by atoms with van der Waals surface area (Å²) in [4.78, 5) is 4.87. The first-order chi connectivity index (χ1) is 36.7. The molecule has 0 N–H and O–H groups in total. The van der Waals surface area contributed by atoms with E-state index in [0.717, 1.165) is 111 Å². The third-order valence-corrected chi connectivity index (χ3v) is 15.9. The molecule has 0 unspecified atom stereocenters. The van der Waals surface area contributed by atoms with E-state index < -0.39 is 0 Å². The third-order valence-electron chi connectivity index (χ3n) is 15.9. The van der Waals surface area contributed by atoms with Gasteiger partial charge in [-0.25, -0.2) is 0 Å². The second-order valence-corrected chi connectivity index (χ2v) is 20.1. The highest BCUT2D eigenvalue weighted by Gasteiger charge is 2.29. The minimum atomic E-state index is 0.581. The van der Waals surface area contributed by atoms with E-state index in [2.05, 4.69) is 246 Å². The van der Waals surface area contributed by atoms with E-state index in [0.29, 0.717) is 5.92 Å². The van der Waals surface area contributed by atoms with Gasteiger partial charge in [-0.1, -0.05) is 213 Å². The van der Waals surface area contributed by atoms with Crippen LogP contribution in [0.3, 0.4) is 0 Å². The molecular weight excluding hydrogens is 901 g/mol. The molecule has 0 atom stereocenters. The van der Waals surface area contributed by atoms with Gasteiger partial charge in [-0.3, -0.25) is 0 Å². The van der Waals surface area contributed by atoms with Gasteiger partial charge in [0.15, 0.2) is 11.2 Å². The van der Waals surface area contributed by atoms with Crippen molar-refractivity contribution >= 4 is 110 Å². The largest absolute Gasteiger partial charge is 0.453 e. The molecule has 0 saturated heterocycles. The lowest BCUT2D eigenvalue weighted by Crippen LogP contribution is -2.15. The van der Waals surface area contributed by atoms with E-state index in [-0.39, 0.29) is 0 Å². The average Bonchev–Trinajstić information content (AvgIpc) is 4.06. The Balaban J connectivity index is 1.05. The van der Waals surface area contributed by atoms with Crippen molar-refractivity contribution in [2.75, 3.05) is 9.80 Å². The summed E-state index contributed by atoms with van der Waals surface area (Å²) in [7, 11) is 0. The van der Waals surface area contributed by atoms with Crippen LogP contribution in [0.15, 0.2) is 245 Å². The minimum absolute atomic E-state index is 0.581. The number of benzene rings is 12. The molecule has 12 aromatic carbocycles. The SMILES string of the molecule is c1ccc(-c2cccc3c2oc2c(N(c4ccccc4)c4cc(N(c5ccccc5)c5cccc6c5oc5c(-c7ccccc7)cccc56)c5ccc6cc(C7CCCCC7)cc7ccc4c5c76)cccc23)cc1. The van der Waals surface area contributed by atoms with Crippen LogP contribution in [-0.2, 0) is 0 Å². The molecule has 14 aromatic rings. The first-order valence-corrected chi connectivity index (χ1v) is 26.2. The molecule has 1 saturated carbocycles. The van der Waals surface area contributed by atoms with Crippen LogP contribution in [0.1, 0.15) is 43.6 Å². The molecule has 74 heavy (non-hydrogen) atoms. The Morgan fingerprint density at radius 2 is 0.730 bits per heavy atom. The molecule has 0 amide bonds. The monoisotopic (exact) mass is 950 g/mol. The van der Waals surface area contributed by atoms with Crippen molar-refractivity contribution in [3.63, 3.8) is 0 Å². The lowest BCUT2D eigenvalue weighted by molar-refractivity contribution is 0.444. The standard InChI is InChI=1S/C70H50N2O2/c1-6-20-45(21-7-1)50-42-48-38-40-59-63(71(51-26-12-4-13-27-51)61-36-18-34-57-55-32-16-30-53(67(55)73-69(57)61)46-22-8-2-9-23-46)44-64(60-41-39-49(43-50)65(48)66(59)60)72(52-28-14-5-15-29-52)62-37-19-35-58-56-33-17-31-54(68(56)74-70(58)62)47-24-10-3-11-25-47/h2-5,8-19,22-45H,1,6-7,20-21H2. The van der Waals surface area contributed by atoms with Crippen LogP contribution >= 0.6 is 0 Å². The smallest absolute Gasteiger partial charge is 0.159 e. The molecule has 1 aliphatic carbocycles. The molecule has 0 aliphatic heterocycles. The summed E-state index contributed by atoms with van der Waals surface area (Å²) in [6.07, 6.45) is 6.42. The van der Waals surface area contributed by atoms with Crippen LogP contribution in [0.4, 0.5) is 34.1 Å². The predicted octanol–water partition coefficient (Wildman–Crippen LogP) is 20.7. The summed E-state index contributed by atoms with van der Waals surface area (Å²) in [6.45, 7) is 0. The van der Waals surface area contributed by atoms with Gasteiger partial charge >= 0.3 is 0 Å². The summed E-state index contributed by atoms with van der Waals surface area (Å²) in [5.74, 6) is 0.581. The van der Waals surface area contributed by atoms with Gasteiger partial charge in [0.05, 0.1) is 22.7 Å². The van der Waals surface area contributed by atoms with E-state index in [1.54, 1.807) is 0 Å². The summed E-state index contributed by atoms with van der Waals surface area (Å²) in [5, 5.41) is 11.7. The minimum Gasteiger partial charge on any atom is -0.453 e. The highest BCUT2D eigenvalue weighted by Crippen LogP contribution is 2.54. The van der Waals surface area contributed by atoms with E-state index in [4.69, 9.17) is 8.83 Å². The van der Waals surface area contributed by atoms with Crippen molar-refractivity contribution in [3.8, 4) is 22.3 Å². The third kappa shape index (κ3) is 6.75. The fourth-order valence-corrected chi connectivity index (χ4v) is 12.6. The quantitative estimate of drug-likeness (QED) is 0.135. The Bertz CT molecular complexity index is 4130. The fourth-order valence-electron chi connectivity index (χ4n) is 12.6. The first-order valence-electron chi connectivity index (χ1n) is 26.2. The van der Waals surface area contributed by atoms with Crippen molar-refractivity contribution in [2.24, 2.45) is 0 Å². The van der Waals surface area contributed by atoms with Crippen molar-refractivity contribution in [1.29, 1.82) is 0 Å². The van der Waals surface area contributed by atoms with Crippen molar-refractivity contribution in [2.45, 2.75) is 38.0 Å². The molecule has 0 bridgehead atoms. The Hall–Kier alpha value is -9.12. The van der Waals surface area contributed by atoms with Crippen LogP contribution in [-0.4, -0.2) is 0 Å². The van der Waals surface area contributed by atoms with E-state index >= 15 is 0 Å². The number of rotatable bonds is 9. The second-order valence-electron chi connectivity index (χ2n) is 20.1. The number of hydrogen-bond donors (Lipinski definition) is 0. The highest BCUT2D eigenvalue weighted by molar-refractivity contribution is 6.30. The van der Waals surface area contributed by atoms with Crippen molar-refractivity contribution in [1.82, 2.24) is 0 Å². The van der Waals surface area contributed by atoms with Gasteiger partial charge < -0.3 is 18.6 Å². The number of para-hydroxylation sites is 6. The van der Waals surface area contributed by atoms with E-state index in [9.17, 15) is 0 Å². The van der Waals surface area contributed by atoms with Gasteiger partial charge in [0, 0.05) is 60.2 Å². The Morgan fingerprint density at radius 1 is 0.311 bits per heavy atom. The summed E-state index contributed by atoms with van der Waals surface area (Å²) in [5.41, 5.74) is 15.4. The molecule has 15 rings (SSSR count). The zero-order chi connectivity index (χ0) is 48.7. The normalized spacial score (nSPS) is 13.4. The molecule has 4 heteroatoms. The average molecular weight is 951 g/mol. The molecule has 0 radical (unpaired) electrons. The lowest BCUT2D eigenvalue weighted by atomic mass is 9.82. The predicted molar refractivity (Wildman–Crippen MR) is 311 cm³/mol. The molecule has 1 fully saturated rings. The summed E-state index contributed by atoms with van der Waals surface area (Å²) >= 11 is 0. The molecular formula is C70H50N2O2. The Labute approximate surface area is 429 Å². The number of nitrogens with zero attached hydrogens (tertiary/aromatic N) is 2. The van der Waals surface area contributed by atoms with E-state index in [1.807, 2.05) is 0 Å². The Morgan fingerprint density at radius 3 is 1.19 bits per heavy atom. The molecule has 4 nitrogen and oxygen atoms in total. The van der Waals surface area contributed by atoms with Gasteiger partial charge in [-0.05, 0) is 94.1 Å². The zero-order valence-electron chi connectivity index (χ0n) is 40.8. The van der Waals surface area contributed by atoms with Crippen LogP contribution in [0.2, 0.25) is 0 Å². The van der Waals surface area contributed by atoms with Gasteiger partial charge in [-0.15, -0.1) is 0 Å². The topological polar surface area (TPSA) is 32.8 Å². The number of fused-ring (bicyclic) bond motifs is 6. The van der Waals surface area contributed by atoms with Crippen LogP contribution in [0, 0.1) is 0 Å². The lowest BCUT2D eigenvalue weighted by Gasteiger charge is -2.32. The van der Waals surface area contributed by atoms with Gasteiger partial charge in [-0.2, -0.15) is 0 Å². The van der Waals surface area contributed by atoms with Crippen LogP contribution in [0.25, 0.3) is 98.4 Å². The summed E-state index contributed by atoms with van der Waals surface area (Å²) < 4.78 is 14.5. The maximum absolute atomic E-state index is 7.26. The maximum atomic E-state index is 7.26. The number of furan rings is 2. The van der Waals surface area contributed by atoms with Crippen LogP contribution < -0.4 is 9.80 Å². The van der Waals surface area contributed by atoms with Crippen molar-refractivity contribution in [3.05, 3.63) is 242 Å². The first kappa shape index (κ1) is 42.6. The fraction of sp³-hybridized carbons (Fsp3) is 0.0857. The van der Waals surface area contributed by atoms with E-state index in [1.165, 1.54) is 59.2 Å². The van der Waals surface area contributed by atoms with Crippen molar-refractivity contribution < 1.29 is 8.83 Å². The highest BCUT2D eigenvalue weighted by atomic mass is 16.3. The molecule has 0 spiro atoms. The molecule has 1 aliphatic rings. The molecule has 352 valence electrons. The number of hydrogen-bond acceptors (Lipinski definition) is 4. The Kier molecular flexibility index (Phi) is 9.94. The number of anilines is 6. The maximum Gasteiger partial charge on any atom is 0.159 e. The van der Waals surface area contributed by atoms with Crippen LogP contribution in [0.5, 0.6) is 0 Å².